The Bertz CT molecular complexity index is 474. The Labute approximate surface area is 110 Å². The lowest BCUT2D eigenvalue weighted by Crippen LogP contribution is -2.44. The summed E-state index contributed by atoms with van der Waals surface area (Å²) in [5.74, 6) is 1.02. The highest BCUT2D eigenvalue weighted by Crippen LogP contribution is 2.47. The Morgan fingerprint density at radius 1 is 1.11 bits per heavy atom. The Balaban J connectivity index is 2.20. The van der Waals surface area contributed by atoms with Gasteiger partial charge in [0.05, 0.1) is 7.11 Å². The first-order valence-electron chi connectivity index (χ1n) is 7.14. The van der Waals surface area contributed by atoms with Crippen molar-refractivity contribution < 1.29 is 4.74 Å². The molecule has 0 bridgehead atoms. The number of aryl methyl sites for hydroxylation is 1. The highest BCUT2D eigenvalue weighted by Gasteiger charge is 2.39. The monoisotopic (exact) mass is 245 g/mol. The number of methoxy groups -OCH3 is 1. The van der Waals surface area contributed by atoms with Crippen LogP contribution in [0.15, 0.2) is 6.07 Å². The fraction of sp³-hybridized carbons (Fsp3) is 0.625. The zero-order valence-corrected chi connectivity index (χ0v) is 11.5. The highest BCUT2D eigenvalue weighted by molar-refractivity contribution is 5.54. The molecule has 0 unspecified atom stereocenters. The maximum atomic E-state index is 6.59. The van der Waals surface area contributed by atoms with Crippen molar-refractivity contribution in [2.75, 3.05) is 7.11 Å². The van der Waals surface area contributed by atoms with Crippen molar-refractivity contribution in [1.82, 2.24) is 0 Å². The van der Waals surface area contributed by atoms with Crippen molar-refractivity contribution in [2.24, 2.45) is 5.73 Å². The van der Waals surface area contributed by atoms with Crippen molar-refractivity contribution >= 4 is 0 Å². The zero-order valence-electron chi connectivity index (χ0n) is 11.5. The fourth-order valence-electron chi connectivity index (χ4n) is 3.64. The van der Waals surface area contributed by atoms with Crippen LogP contribution in [0.4, 0.5) is 0 Å². The molecule has 2 aliphatic carbocycles. The van der Waals surface area contributed by atoms with E-state index in [0.717, 1.165) is 18.6 Å². The molecule has 2 heteroatoms. The highest BCUT2D eigenvalue weighted by atomic mass is 16.5. The zero-order chi connectivity index (χ0) is 12.8. The maximum Gasteiger partial charge on any atom is 0.124 e. The van der Waals surface area contributed by atoms with E-state index in [4.69, 9.17) is 10.5 Å². The van der Waals surface area contributed by atoms with E-state index in [1.54, 1.807) is 12.7 Å². The average molecular weight is 245 g/mol. The van der Waals surface area contributed by atoms with Crippen LogP contribution < -0.4 is 10.5 Å². The Morgan fingerprint density at radius 3 is 2.33 bits per heavy atom. The number of benzene rings is 1. The summed E-state index contributed by atoms with van der Waals surface area (Å²) in [5.41, 5.74) is 12.3. The number of ether oxygens (including phenoxy) is 1. The first-order chi connectivity index (χ1) is 8.65. The maximum absolute atomic E-state index is 6.59. The largest absolute Gasteiger partial charge is 0.496 e. The van der Waals surface area contributed by atoms with E-state index in [1.165, 1.54) is 48.8 Å². The minimum Gasteiger partial charge on any atom is -0.496 e. The number of rotatable bonds is 2. The van der Waals surface area contributed by atoms with Gasteiger partial charge in [0.15, 0.2) is 0 Å². The van der Waals surface area contributed by atoms with Crippen LogP contribution in [-0.2, 0) is 18.4 Å². The van der Waals surface area contributed by atoms with E-state index in [0.29, 0.717) is 0 Å². The van der Waals surface area contributed by atoms with Crippen molar-refractivity contribution in [1.29, 1.82) is 0 Å². The number of hydrogen-bond donors (Lipinski definition) is 1. The molecule has 0 atom stereocenters. The van der Waals surface area contributed by atoms with Gasteiger partial charge in [-0.3, -0.25) is 0 Å². The van der Waals surface area contributed by atoms with Crippen molar-refractivity contribution in [3.63, 3.8) is 0 Å². The normalized spacial score (nSPS) is 21.1. The van der Waals surface area contributed by atoms with E-state index in [1.807, 2.05) is 0 Å². The molecule has 0 spiro atoms. The van der Waals surface area contributed by atoms with E-state index in [-0.39, 0.29) is 5.54 Å². The molecule has 2 nitrogen and oxygen atoms in total. The van der Waals surface area contributed by atoms with Crippen LogP contribution in [0.5, 0.6) is 5.75 Å². The number of hydrogen-bond acceptors (Lipinski definition) is 2. The second-order valence-electron chi connectivity index (χ2n) is 5.94. The predicted octanol–water partition coefficient (Wildman–Crippen LogP) is 3.22. The Kier molecular flexibility index (Phi) is 2.86. The molecule has 18 heavy (non-hydrogen) atoms. The van der Waals surface area contributed by atoms with Gasteiger partial charge in [0, 0.05) is 11.1 Å². The fourth-order valence-corrected chi connectivity index (χ4v) is 3.64. The molecule has 3 rings (SSSR count). The van der Waals surface area contributed by atoms with Gasteiger partial charge >= 0.3 is 0 Å². The standard InChI is InChI=1S/C16H23NO/c1-11-10-14(18-2)15(16(17)8-5-9-16)13-7-4-3-6-12(11)13/h10H,3-9,17H2,1-2H3. The lowest BCUT2D eigenvalue weighted by atomic mass is 9.68. The molecule has 98 valence electrons. The van der Waals surface area contributed by atoms with Crippen LogP contribution in [0.2, 0.25) is 0 Å². The second-order valence-corrected chi connectivity index (χ2v) is 5.94. The Morgan fingerprint density at radius 2 is 1.78 bits per heavy atom. The summed E-state index contributed by atoms with van der Waals surface area (Å²) >= 11 is 0. The molecule has 0 aromatic heterocycles. The van der Waals surface area contributed by atoms with Crippen molar-refractivity contribution in [2.45, 2.75) is 57.4 Å². The first-order valence-corrected chi connectivity index (χ1v) is 7.14. The smallest absolute Gasteiger partial charge is 0.124 e. The molecule has 0 heterocycles. The van der Waals surface area contributed by atoms with Gasteiger partial charge < -0.3 is 10.5 Å². The van der Waals surface area contributed by atoms with E-state index < -0.39 is 0 Å². The SMILES string of the molecule is COc1cc(C)c2c(c1C1(N)CCC1)CCCC2. The van der Waals surface area contributed by atoms with Crippen LogP contribution in [-0.4, -0.2) is 7.11 Å². The topological polar surface area (TPSA) is 35.2 Å². The lowest BCUT2D eigenvalue weighted by molar-refractivity contribution is 0.241. The van der Waals surface area contributed by atoms with Gasteiger partial charge in [-0.1, -0.05) is 0 Å². The summed E-state index contributed by atoms with van der Waals surface area (Å²) in [6, 6.07) is 2.20. The van der Waals surface area contributed by atoms with Gasteiger partial charge in [-0.15, -0.1) is 0 Å². The van der Waals surface area contributed by atoms with Gasteiger partial charge in [-0.25, -0.2) is 0 Å². The van der Waals surface area contributed by atoms with Gasteiger partial charge in [0.25, 0.3) is 0 Å². The second kappa shape index (κ2) is 4.27. The lowest BCUT2D eigenvalue weighted by Gasteiger charge is -2.42. The third kappa shape index (κ3) is 1.66. The first kappa shape index (κ1) is 12.0. The summed E-state index contributed by atoms with van der Waals surface area (Å²) in [4.78, 5) is 0. The van der Waals surface area contributed by atoms with E-state index in [2.05, 4.69) is 13.0 Å². The van der Waals surface area contributed by atoms with Crippen LogP contribution in [0, 0.1) is 6.92 Å². The van der Waals surface area contributed by atoms with E-state index >= 15 is 0 Å². The summed E-state index contributed by atoms with van der Waals surface area (Å²) in [6.07, 6.45) is 8.48. The summed E-state index contributed by atoms with van der Waals surface area (Å²) < 4.78 is 5.63. The molecule has 1 saturated carbocycles. The van der Waals surface area contributed by atoms with Gasteiger partial charge in [0.1, 0.15) is 5.75 Å². The molecule has 0 amide bonds. The quantitative estimate of drug-likeness (QED) is 0.868. The average Bonchev–Trinajstić information content (AvgIpc) is 2.36. The minimum absolute atomic E-state index is 0.111. The molecular formula is C16H23NO. The molecule has 1 fully saturated rings. The molecular weight excluding hydrogens is 222 g/mol. The van der Waals surface area contributed by atoms with Crippen LogP contribution in [0.25, 0.3) is 0 Å². The summed E-state index contributed by atoms with van der Waals surface area (Å²) in [7, 11) is 1.77. The minimum atomic E-state index is -0.111. The number of nitrogens with two attached hydrogens (primary N) is 1. The predicted molar refractivity (Wildman–Crippen MR) is 74.1 cm³/mol. The molecule has 0 aliphatic heterocycles. The van der Waals surface area contributed by atoms with Crippen LogP contribution in [0.3, 0.4) is 0 Å². The van der Waals surface area contributed by atoms with Crippen molar-refractivity contribution in [3.8, 4) is 5.75 Å². The van der Waals surface area contributed by atoms with Gasteiger partial charge in [-0.05, 0) is 74.6 Å². The molecule has 1 aromatic carbocycles. The molecule has 1 aromatic rings. The third-order valence-corrected chi connectivity index (χ3v) is 4.80. The molecule has 0 radical (unpaired) electrons. The van der Waals surface area contributed by atoms with Crippen LogP contribution >= 0.6 is 0 Å². The van der Waals surface area contributed by atoms with Gasteiger partial charge in [-0.2, -0.15) is 0 Å². The summed E-state index contributed by atoms with van der Waals surface area (Å²) in [5, 5.41) is 0. The van der Waals surface area contributed by atoms with Crippen molar-refractivity contribution in [3.05, 3.63) is 28.3 Å². The summed E-state index contributed by atoms with van der Waals surface area (Å²) in [6.45, 7) is 2.21. The van der Waals surface area contributed by atoms with Crippen LogP contribution in [0.1, 0.15) is 54.4 Å². The van der Waals surface area contributed by atoms with E-state index in [9.17, 15) is 0 Å². The molecule has 2 N–H and O–H groups in total. The number of fused-ring (bicyclic) bond motifs is 1. The third-order valence-electron chi connectivity index (χ3n) is 4.80. The molecule has 0 saturated heterocycles. The Hall–Kier alpha value is -1.02. The molecule has 2 aliphatic rings. The van der Waals surface area contributed by atoms with Gasteiger partial charge in [0.2, 0.25) is 0 Å².